The van der Waals surface area contributed by atoms with Gasteiger partial charge in [0.05, 0.1) is 0 Å². The molecule has 0 spiro atoms. The van der Waals surface area contributed by atoms with Gasteiger partial charge in [-0.3, -0.25) is 0 Å². The number of carbonyl (C=O) groups is 1. The van der Waals surface area contributed by atoms with E-state index in [1.807, 2.05) is 38.1 Å². The summed E-state index contributed by atoms with van der Waals surface area (Å²) in [5.41, 5.74) is 1.34. The molecule has 2 rings (SSSR count). The van der Waals surface area contributed by atoms with Gasteiger partial charge in [-0.2, -0.15) is 0 Å². The van der Waals surface area contributed by atoms with E-state index in [2.05, 4.69) is 4.98 Å². The predicted molar refractivity (Wildman–Crippen MR) is 78.6 cm³/mol. The van der Waals surface area contributed by atoms with Crippen LogP contribution in [0.4, 0.5) is 0 Å². The van der Waals surface area contributed by atoms with E-state index in [9.17, 15) is 4.79 Å². The van der Waals surface area contributed by atoms with Crippen LogP contribution in [-0.4, -0.2) is 16.1 Å². The quantitative estimate of drug-likeness (QED) is 0.882. The number of thiazole rings is 1. The summed E-state index contributed by atoms with van der Waals surface area (Å²) < 4.78 is 5.63. The molecule has 0 aliphatic rings. The molecule has 106 valence electrons. The Balaban J connectivity index is 2.07. The zero-order chi connectivity index (χ0) is 14.5. The van der Waals surface area contributed by atoms with Gasteiger partial charge < -0.3 is 9.84 Å². The number of aromatic nitrogens is 1. The fourth-order valence-electron chi connectivity index (χ4n) is 1.81. The van der Waals surface area contributed by atoms with E-state index in [1.165, 1.54) is 16.9 Å². The van der Waals surface area contributed by atoms with Crippen LogP contribution in [0.15, 0.2) is 24.3 Å². The van der Waals surface area contributed by atoms with Crippen molar-refractivity contribution < 1.29 is 14.6 Å². The van der Waals surface area contributed by atoms with E-state index in [0.717, 1.165) is 23.5 Å². The van der Waals surface area contributed by atoms with Crippen LogP contribution in [0.2, 0.25) is 0 Å². The zero-order valence-electron chi connectivity index (χ0n) is 11.5. The molecular formula is C15H17NO3S. The third-order valence-corrected chi connectivity index (χ3v) is 3.89. The molecule has 1 aromatic carbocycles. The molecule has 0 amide bonds. The highest BCUT2D eigenvalue weighted by Crippen LogP contribution is 2.22. The van der Waals surface area contributed by atoms with Crippen LogP contribution in [0.5, 0.6) is 5.75 Å². The largest absolute Gasteiger partial charge is 0.486 e. The Hall–Kier alpha value is -1.88. The number of ether oxygens (including phenoxy) is 1. The molecular weight excluding hydrogens is 274 g/mol. The van der Waals surface area contributed by atoms with Crippen LogP contribution >= 0.6 is 11.3 Å². The number of aryl methyl sites for hydroxylation is 2. The Bertz CT molecular complexity index is 590. The van der Waals surface area contributed by atoms with Gasteiger partial charge in [-0.25, -0.2) is 9.78 Å². The average Bonchev–Trinajstić information content (AvgIpc) is 2.82. The van der Waals surface area contributed by atoms with Gasteiger partial charge in [0.15, 0.2) is 5.69 Å². The van der Waals surface area contributed by atoms with Gasteiger partial charge in [-0.15, -0.1) is 11.3 Å². The Morgan fingerprint density at radius 1 is 1.35 bits per heavy atom. The smallest absolute Gasteiger partial charge is 0.355 e. The summed E-state index contributed by atoms with van der Waals surface area (Å²) in [5.74, 6) is -0.203. The zero-order valence-corrected chi connectivity index (χ0v) is 12.4. The van der Waals surface area contributed by atoms with Gasteiger partial charge in [0, 0.05) is 4.88 Å². The lowest BCUT2D eigenvalue weighted by molar-refractivity contribution is 0.0690. The number of nitrogens with zero attached hydrogens (tertiary/aromatic N) is 1. The summed E-state index contributed by atoms with van der Waals surface area (Å²) in [4.78, 5) is 16.1. The molecule has 0 aliphatic carbocycles. The van der Waals surface area contributed by atoms with Gasteiger partial charge >= 0.3 is 5.97 Å². The molecule has 4 nitrogen and oxygen atoms in total. The Morgan fingerprint density at radius 2 is 2.05 bits per heavy atom. The molecule has 2 aromatic rings. The summed E-state index contributed by atoms with van der Waals surface area (Å²) in [6.07, 6.45) is 1.64. The van der Waals surface area contributed by atoms with E-state index in [-0.39, 0.29) is 5.69 Å². The standard InChI is InChI=1S/C15H17NO3S/c1-3-4-12-14(15(17)18)16-13(20-12)9-19-11-7-5-10(2)6-8-11/h5-8H,3-4,9H2,1-2H3,(H,17,18). The van der Waals surface area contributed by atoms with E-state index in [1.54, 1.807) is 0 Å². The monoisotopic (exact) mass is 291 g/mol. The van der Waals surface area contributed by atoms with Crippen molar-refractivity contribution in [2.45, 2.75) is 33.3 Å². The number of carboxylic acid groups (broad SMARTS) is 1. The summed E-state index contributed by atoms with van der Waals surface area (Å²) in [5, 5.41) is 9.83. The summed E-state index contributed by atoms with van der Waals surface area (Å²) in [6, 6.07) is 7.74. The van der Waals surface area contributed by atoms with Crippen LogP contribution in [0.3, 0.4) is 0 Å². The Kier molecular flexibility index (Phi) is 4.74. The van der Waals surface area contributed by atoms with Crippen molar-refractivity contribution in [3.63, 3.8) is 0 Å². The first kappa shape index (κ1) is 14.5. The molecule has 0 unspecified atom stereocenters. The van der Waals surface area contributed by atoms with Gasteiger partial charge in [0.1, 0.15) is 17.4 Å². The molecule has 0 bridgehead atoms. The maximum absolute atomic E-state index is 11.1. The lowest BCUT2D eigenvalue weighted by Gasteiger charge is -2.03. The van der Waals surface area contributed by atoms with Crippen molar-refractivity contribution in [1.82, 2.24) is 4.98 Å². The first-order valence-electron chi connectivity index (χ1n) is 6.51. The van der Waals surface area contributed by atoms with E-state index in [4.69, 9.17) is 9.84 Å². The molecule has 5 heteroatoms. The van der Waals surface area contributed by atoms with Crippen LogP contribution < -0.4 is 4.74 Å². The number of aromatic carboxylic acids is 1. The van der Waals surface area contributed by atoms with Crippen molar-refractivity contribution in [2.24, 2.45) is 0 Å². The minimum absolute atomic E-state index is 0.166. The van der Waals surface area contributed by atoms with E-state index in [0.29, 0.717) is 11.6 Å². The molecule has 0 aliphatic heterocycles. The van der Waals surface area contributed by atoms with Crippen molar-refractivity contribution in [3.8, 4) is 5.75 Å². The van der Waals surface area contributed by atoms with Crippen LogP contribution in [0, 0.1) is 6.92 Å². The van der Waals surface area contributed by atoms with Crippen molar-refractivity contribution >= 4 is 17.3 Å². The highest BCUT2D eigenvalue weighted by molar-refractivity contribution is 7.11. The number of rotatable bonds is 6. The second-order valence-corrected chi connectivity index (χ2v) is 5.70. The molecule has 0 atom stereocenters. The predicted octanol–water partition coefficient (Wildman–Crippen LogP) is 3.68. The minimum atomic E-state index is -0.966. The SMILES string of the molecule is CCCc1sc(COc2ccc(C)cc2)nc1C(=O)O. The van der Waals surface area contributed by atoms with Gasteiger partial charge in [-0.1, -0.05) is 31.0 Å². The van der Waals surface area contributed by atoms with Crippen molar-refractivity contribution in [2.75, 3.05) is 0 Å². The number of carboxylic acids is 1. The maximum atomic E-state index is 11.1. The highest BCUT2D eigenvalue weighted by atomic mass is 32.1. The van der Waals surface area contributed by atoms with Gasteiger partial charge in [0.2, 0.25) is 0 Å². The average molecular weight is 291 g/mol. The molecule has 20 heavy (non-hydrogen) atoms. The molecule has 1 heterocycles. The number of hydrogen-bond acceptors (Lipinski definition) is 4. The van der Waals surface area contributed by atoms with Crippen LogP contribution in [0.1, 0.15) is 39.3 Å². The summed E-state index contributed by atoms with van der Waals surface area (Å²) in [6.45, 7) is 4.34. The molecule has 1 N–H and O–H groups in total. The number of benzene rings is 1. The highest BCUT2D eigenvalue weighted by Gasteiger charge is 2.16. The first-order valence-corrected chi connectivity index (χ1v) is 7.33. The third-order valence-electron chi connectivity index (χ3n) is 2.80. The molecule has 0 saturated carbocycles. The summed E-state index contributed by atoms with van der Waals surface area (Å²) >= 11 is 1.42. The van der Waals surface area contributed by atoms with Crippen molar-refractivity contribution in [3.05, 3.63) is 45.4 Å². The van der Waals surface area contributed by atoms with E-state index < -0.39 is 5.97 Å². The second kappa shape index (κ2) is 6.52. The summed E-state index contributed by atoms with van der Waals surface area (Å²) in [7, 11) is 0. The fourth-order valence-corrected chi connectivity index (χ4v) is 2.88. The maximum Gasteiger partial charge on any atom is 0.355 e. The van der Waals surface area contributed by atoms with Gasteiger partial charge in [-0.05, 0) is 25.5 Å². The van der Waals surface area contributed by atoms with Crippen molar-refractivity contribution in [1.29, 1.82) is 0 Å². The van der Waals surface area contributed by atoms with E-state index >= 15 is 0 Å². The normalized spacial score (nSPS) is 10.5. The first-order chi connectivity index (χ1) is 9.60. The molecule has 0 radical (unpaired) electrons. The third kappa shape index (κ3) is 3.57. The topological polar surface area (TPSA) is 59.4 Å². The lowest BCUT2D eigenvalue weighted by atomic mass is 10.2. The Labute approximate surface area is 122 Å². The second-order valence-electron chi connectivity index (χ2n) is 4.54. The lowest BCUT2D eigenvalue weighted by Crippen LogP contribution is -2.01. The van der Waals surface area contributed by atoms with Crippen LogP contribution in [-0.2, 0) is 13.0 Å². The molecule has 0 fully saturated rings. The molecule has 1 aromatic heterocycles. The van der Waals surface area contributed by atoms with Crippen LogP contribution in [0.25, 0.3) is 0 Å². The molecule has 0 saturated heterocycles. The van der Waals surface area contributed by atoms with Gasteiger partial charge in [0.25, 0.3) is 0 Å². The fraction of sp³-hybridized carbons (Fsp3) is 0.333. The number of hydrogen-bond donors (Lipinski definition) is 1. The Morgan fingerprint density at radius 3 is 2.65 bits per heavy atom. The minimum Gasteiger partial charge on any atom is -0.486 e.